The highest BCUT2D eigenvalue weighted by molar-refractivity contribution is 5.71. The van der Waals surface area contributed by atoms with Gasteiger partial charge in [0.05, 0.1) is 12.2 Å². The van der Waals surface area contributed by atoms with Crippen LogP contribution in [-0.2, 0) is 16.0 Å². The van der Waals surface area contributed by atoms with Crippen molar-refractivity contribution in [3.05, 3.63) is 41.7 Å². The fourth-order valence-electron chi connectivity index (χ4n) is 2.89. The highest BCUT2D eigenvalue weighted by atomic mass is 16.5. The Balaban J connectivity index is 2.02. The Morgan fingerprint density at radius 2 is 2.21 bits per heavy atom. The van der Waals surface area contributed by atoms with E-state index in [1.165, 1.54) is 37.4 Å². The molecule has 0 bridgehead atoms. The molecule has 130 valence electrons. The van der Waals surface area contributed by atoms with Gasteiger partial charge in [-0.25, -0.2) is 0 Å². The maximum atomic E-state index is 11.0. The number of carbonyl (C=O) groups is 1. The van der Waals surface area contributed by atoms with E-state index in [1.54, 1.807) is 0 Å². The summed E-state index contributed by atoms with van der Waals surface area (Å²) in [5, 5.41) is 0. The Hall–Kier alpha value is -2.10. The SMILES string of the molecule is CCCCCc1cccc(N2C=C(CC(C)OC(C)=O)N=CC2)c1. The van der Waals surface area contributed by atoms with Gasteiger partial charge in [-0.3, -0.25) is 9.79 Å². The summed E-state index contributed by atoms with van der Waals surface area (Å²) in [6.07, 6.45) is 9.33. The Kier molecular flexibility index (Phi) is 7.04. The van der Waals surface area contributed by atoms with Crippen LogP contribution in [-0.4, -0.2) is 24.8 Å². The number of esters is 1. The summed E-state index contributed by atoms with van der Waals surface area (Å²) >= 11 is 0. The summed E-state index contributed by atoms with van der Waals surface area (Å²) in [6.45, 7) is 6.33. The molecule has 1 aliphatic heterocycles. The summed E-state index contributed by atoms with van der Waals surface area (Å²) in [6, 6.07) is 8.71. The molecule has 1 heterocycles. The summed E-state index contributed by atoms with van der Waals surface area (Å²) in [5.41, 5.74) is 3.51. The Bertz CT molecular complexity index is 607. The van der Waals surface area contributed by atoms with Gasteiger partial charge in [0, 0.05) is 31.4 Å². The van der Waals surface area contributed by atoms with Crippen molar-refractivity contribution in [2.24, 2.45) is 4.99 Å². The van der Waals surface area contributed by atoms with Crippen molar-refractivity contribution in [2.75, 3.05) is 11.4 Å². The summed E-state index contributed by atoms with van der Waals surface area (Å²) in [5.74, 6) is -0.250. The molecular formula is C20H28N2O2. The largest absolute Gasteiger partial charge is 0.462 e. The minimum Gasteiger partial charge on any atom is -0.462 e. The van der Waals surface area contributed by atoms with Crippen molar-refractivity contribution in [3.63, 3.8) is 0 Å². The van der Waals surface area contributed by atoms with E-state index < -0.39 is 0 Å². The van der Waals surface area contributed by atoms with Gasteiger partial charge in [-0.2, -0.15) is 0 Å². The molecule has 1 unspecified atom stereocenters. The number of hydrogen-bond donors (Lipinski definition) is 0. The third-order valence-electron chi connectivity index (χ3n) is 4.02. The average Bonchev–Trinajstić information content (AvgIpc) is 2.55. The van der Waals surface area contributed by atoms with Crippen molar-refractivity contribution in [2.45, 2.75) is 59.0 Å². The molecule has 0 spiro atoms. The number of benzene rings is 1. The number of unbranched alkanes of at least 4 members (excludes halogenated alkanes) is 2. The predicted octanol–water partition coefficient (Wildman–Crippen LogP) is 4.49. The average molecular weight is 328 g/mol. The molecule has 0 fully saturated rings. The quantitative estimate of drug-likeness (QED) is 0.521. The zero-order chi connectivity index (χ0) is 17.4. The highest BCUT2D eigenvalue weighted by Gasteiger charge is 2.13. The lowest BCUT2D eigenvalue weighted by atomic mass is 10.1. The van der Waals surface area contributed by atoms with Crippen LogP contribution in [0.1, 0.15) is 52.0 Å². The molecule has 24 heavy (non-hydrogen) atoms. The van der Waals surface area contributed by atoms with Crippen LogP contribution in [0.3, 0.4) is 0 Å². The lowest BCUT2D eigenvalue weighted by Gasteiger charge is -2.24. The number of carbonyl (C=O) groups excluding carboxylic acids is 1. The zero-order valence-electron chi connectivity index (χ0n) is 15.0. The number of anilines is 1. The summed E-state index contributed by atoms with van der Waals surface area (Å²) in [4.78, 5) is 17.7. The van der Waals surface area contributed by atoms with E-state index in [9.17, 15) is 4.79 Å². The first kappa shape index (κ1) is 18.2. The number of nitrogens with zero attached hydrogens (tertiary/aromatic N) is 2. The zero-order valence-corrected chi connectivity index (χ0v) is 15.0. The maximum Gasteiger partial charge on any atom is 0.302 e. The Labute approximate surface area is 145 Å². The molecular weight excluding hydrogens is 300 g/mol. The van der Waals surface area contributed by atoms with Crippen LogP contribution in [0.15, 0.2) is 41.2 Å². The number of rotatable bonds is 8. The molecule has 0 amide bonds. The van der Waals surface area contributed by atoms with Crippen LogP contribution >= 0.6 is 0 Å². The molecule has 0 N–H and O–H groups in total. The predicted molar refractivity (Wildman–Crippen MR) is 99.4 cm³/mol. The van der Waals surface area contributed by atoms with Crippen LogP contribution in [0.25, 0.3) is 0 Å². The van der Waals surface area contributed by atoms with Crippen LogP contribution in [0.2, 0.25) is 0 Å². The van der Waals surface area contributed by atoms with Crippen LogP contribution in [0.5, 0.6) is 0 Å². The van der Waals surface area contributed by atoms with Gasteiger partial charge in [-0.15, -0.1) is 0 Å². The van der Waals surface area contributed by atoms with Gasteiger partial charge in [0.25, 0.3) is 0 Å². The van der Waals surface area contributed by atoms with Crippen LogP contribution < -0.4 is 4.90 Å². The molecule has 1 aliphatic rings. The van der Waals surface area contributed by atoms with Crippen molar-refractivity contribution in [1.82, 2.24) is 0 Å². The molecule has 4 heteroatoms. The summed E-state index contributed by atoms with van der Waals surface area (Å²) < 4.78 is 5.20. The van der Waals surface area contributed by atoms with E-state index in [-0.39, 0.29) is 12.1 Å². The van der Waals surface area contributed by atoms with Crippen molar-refractivity contribution in [3.8, 4) is 0 Å². The van der Waals surface area contributed by atoms with Crippen molar-refractivity contribution < 1.29 is 9.53 Å². The topological polar surface area (TPSA) is 41.9 Å². The van der Waals surface area contributed by atoms with E-state index in [0.717, 1.165) is 18.7 Å². The number of aryl methyl sites for hydroxylation is 1. The van der Waals surface area contributed by atoms with Gasteiger partial charge in [-0.05, 0) is 37.5 Å². The van der Waals surface area contributed by atoms with E-state index >= 15 is 0 Å². The third-order valence-corrected chi connectivity index (χ3v) is 4.02. The van der Waals surface area contributed by atoms with E-state index in [0.29, 0.717) is 6.42 Å². The van der Waals surface area contributed by atoms with Gasteiger partial charge < -0.3 is 9.64 Å². The lowest BCUT2D eigenvalue weighted by molar-refractivity contribution is -0.145. The number of hydrogen-bond acceptors (Lipinski definition) is 4. The minimum atomic E-state index is -0.250. The van der Waals surface area contributed by atoms with E-state index in [1.807, 2.05) is 13.1 Å². The first-order valence-corrected chi connectivity index (χ1v) is 8.84. The lowest BCUT2D eigenvalue weighted by Crippen LogP contribution is -2.23. The molecule has 0 saturated heterocycles. The Morgan fingerprint density at radius 1 is 1.38 bits per heavy atom. The molecule has 1 atom stereocenters. The van der Waals surface area contributed by atoms with Crippen molar-refractivity contribution in [1.29, 1.82) is 0 Å². The van der Waals surface area contributed by atoms with Crippen LogP contribution in [0.4, 0.5) is 5.69 Å². The second-order valence-electron chi connectivity index (χ2n) is 6.34. The fraction of sp³-hybridized carbons (Fsp3) is 0.500. The molecule has 0 saturated carbocycles. The number of ether oxygens (including phenoxy) is 1. The van der Waals surface area contributed by atoms with Gasteiger partial charge in [0.15, 0.2) is 0 Å². The minimum absolute atomic E-state index is 0.161. The Morgan fingerprint density at radius 3 is 2.96 bits per heavy atom. The van der Waals surface area contributed by atoms with Gasteiger partial charge in [0.2, 0.25) is 0 Å². The first-order valence-electron chi connectivity index (χ1n) is 8.84. The first-order chi connectivity index (χ1) is 11.6. The molecule has 0 radical (unpaired) electrons. The monoisotopic (exact) mass is 328 g/mol. The van der Waals surface area contributed by atoms with Crippen LogP contribution in [0, 0.1) is 0 Å². The summed E-state index contributed by atoms with van der Waals surface area (Å²) in [7, 11) is 0. The second kappa shape index (κ2) is 9.26. The number of aliphatic imine (C=N–C) groups is 1. The third kappa shape index (κ3) is 5.84. The second-order valence-corrected chi connectivity index (χ2v) is 6.34. The fourth-order valence-corrected chi connectivity index (χ4v) is 2.89. The molecule has 0 aliphatic carbocycles. The molecule has 1 aromatic carbocycles. The molecule has 2 rings (SSSR count). The van der Waals surface area contributed by atoms with Crippen molar-refractivity contribution >= 4 is 17.9 Å². The standard InChI is InChI=1S/C20H28N2O2/c1-4-5-6-8-18-9-7-10-20(14-18)22-12-11-21-19(15-22)13-16(2)24-17(3)23/h7,9-11,14-16H,4-6,8,12-13H2,1-3H3. The van der Waals surface area contributed by atoms with Gasteiger partial charge in [-0.1, -0.05) is 31.9 Å². The highest BCUT2D eigenvalue weighted by Crippen LogP contribution is 2.22. The van der Waals surface area contributed by atoms with Gasteiger partial charge >= 0.3 is 5.97 Å². The molecule has 4 nitrogen and oxygen atoms in total. The van der Waals surface area contributed by atoms with E-state index in [2.05, 4.69) is 47.3 Å². The molecule has 0 aromatic heterocycles. The normalized spacial score (nSPS) is 15.1. The smallest absolute Gasteiger partial charge is 0.302 e. The van der Waals surface area contributed by atoms with Gasteiger partial charge in [0.1, 0.15) is 6.10 Å². The van der Waals surface area contributed by atoms with E-state index in [4.69, 9.17) is 4.74 Å². The maximum absolute atomic E-state index is 11.0. The molecule has 1 aromatic rings.